The Bertz CT molecular complexity index is 1290. The number of anilines is 2. The average Bonchev–Trinajstić information content (AvgIpc) is 3.37. The Morgan fingerprint density at radius 1 is 1.00 bits per heavy atom. The SMILES string of the molecule is Cc1nc2c(ccc3nc(NC(=O)c4ccc(N5C(=O)CCC5=O)cc4)sc32)s1. The number of benzene rings is 2. The van der Waals surface area contributed by atoms with Crippen LogP contribution >= 0.6 is 22.7 Å². The van der Waals surface area contributed by atoms with Crippen LogP contribution in [0.2, 0.25) is 0 Å². The van der Waals surface area contributed by atoms with E-state index in [2.05, 4.69) is 15.3 Å². The van der Waals surface area contributed by atoms with Gasteiger partial charge in [0, 0.05) is 18.4 Å². The van der Waals surface area contributed by atoms with Gasteiger partial charge in [-0.1, -0.05) is 11.3 Å². The summed E-state index contributed by atoms with van der Waals surface area (Å²) < 4.78 is 2.04. The first-order valence-electron chi connectivity index (χ1n) is 8.93. The molecule has 9 heteroatoms. The van der Waals surface area contributed by atoms with Crippen LogP contribution in [0.3, 0.4) is 0 Å². The third-order valence-corrected chi connectivity index (χ3v) is 6.61. The summed E-state index contributed by atoms with van der Waals surface area (Å²) in [4.78, 5) is 46.5. The van der Waals surface area contributed by atoms with Crippen molar-refractivity contribution in [1.29, 1.82) is 0 Å². The van der Waals surface area contributed by atoms with Gasteiger partial charge in [0.05, 0.1) is 25.6 Å². The lowest BCUT2D eigenvalue weighted by Gasteiger charge is -2.13. The van der Waals surface area contributed by atoms with Crippen LogP contribution in [0.15, 0.2) is 36.4 Å². The van der Waals surface area contributed by atoms with E-state index in [1.165, 1.54) is 11.3 Å². The Morgan fingerprint density at radius 2 is 1.72 bits per heavy atom. The fraction of sp³-hybridized carbons (Fsp3) is 0.150. The molecule has 1 aliphatic heterocycles. The maximum Gasteiger partial charge on any atom is 0.257 e. The summed E-state index contributed by atoms with van der Waals surface area (Å²) in [5.41, 5.74) is 2.61. The molecule has 0 radical (unpaired) electrons. The zero-order valence-electron chi connectivity index (χ0n) is 15.3. The number of hydrogen-bond donors (Lipinski definition) is 1. The molecular weight excluding hydrogens is 408 g/mol. The molecule has 2 aromatic heterocycles. The topological polar surface area (TPSA) is 92.3 Å². The molecule has 4 aromatic rings. The van der Waals surface area contributed by atoms with E-state index in [1.807, 2.05) is 19.1 Å². The molecule has 1 aliphatic rings. The van der Waals surface area contributed by atoms with Crippen molar-refractivity contribution in [3.05, 3.63) is 47.0 Å². The fourth-order valence-corrected chi connectivity index (χ4v) is 5.19. The lowest BCUT2D eigenvalue weighted by Crippen LogP contribution is -2.28. The molecule has 0 unspecified atom stereocenters. The number of aromatic nitrogens is 2. The van der Waals surface area contributed by atoms with Crippen molar-refractivity contribution in [2.24, 2.45) is 0 Å². The van der Waals surface area contributed by atoms with Crippen LogP contribution in [0.4, 0.5) is 10.8 Å². The zero-order valence-corrected chi connectivity index (χ0v) is 16.9. The second kappa shape index (κ2) is 6.71. The van der Waals surface area contributed by atoms with Crippen LogP contribution in [0.1, 0.15) is 28.2 Å². The van der Waals surface area contributed by atoms with Crippen molar-refractivity contribution in [3.8, 4) is 0 Å². The minimum Gasteiger partial charge on any atom is -0.298 e. The molecule has 1 fully saturated rings. The van der Waals surface area contributed by atoms with Crippen molar-refractivity contribution in [1.82, 2.24) is 9.97 Å². The van der Waals surface area contributed by atoms with Crippen LogP contribution in [0, 0.1) is 6.92 Å². The van der Waals surface area contributed by atoms with E-state index >= 15 is 0 Å². The van der Waals surface area contributed by atoms with Crippen LogP contribution in [0.25, 0.3) is 20.4 Å². The van der Waals surface area contributed by atoms with E-state index in [-0.39, 0.29) is 30.6 Å². The number of thiazole rings is 2. The second-order valence-electron chi connectivity index (χ2n) is 6.64. The molecule has 0 spiro atoms. The van der Waals surface area contributed by atoms with Gasteiger partial charge in [0.15, 0.2) is 5.13 Å². The maximum absolute atomic E-state index is 12.6. The van der Waals surface area contributed by atoms with Gasteiger partial charge >= 0.3 is 0 Å². The molecule has 0 bridgehead atoms. The number of nitrogens with zero attached hydrogens (tertiary/aromatic N) is 3. The van der Waals surface area contributed by atoms with E-state index in [1.54, 1.807) is 35.6 Å². The minimum absolute atomic E-state index is 0.217. The summed E-state index contributed by atoms with van der Waals surface area (Å²) in [6, 6.07) is 10.3. The zero-order chi connectivity index (χ0) is 20.1. The largest absolute Gasteiger partial charge is 0.298 e. The molecule has 7 nitrogen and oxygen atoms in total. The van der Waals surface area contributed by atoms with E-state index in [0.717, 1.165) is 30.3 Å². The molecule has 5 rings (SSSR count). The van der Waals surface area contributed by atoms with Gasteiger partial charge in [0.1, 0.15) is 5.52 Å². The first-order valence-corrected chi connectivity index (χ1v) is 10.6. The maximum atomic E-state index is 12.6. The van der Waals surface area contributed by atoms with E-state index in [4.69, 9.17) is 0 Å². The minimum atomic E-state index is -0.305. The predicted molar refractivity (Wildman–Crippen MR) is 114 cm³/mol. The number of carbonyl (C=O) groups excluding carboxylic acids is 3. The van der Waals surface area contributed by atoms with Gasteiger partial charge in [-0.3, -0.25) is 24.6 Å². The molecule has 2 aromatic carbocycles. The smallest absolute Gasteiger partial charge is 0.257 e. The summed E-state index contributed by atoms with van der Waals surface area (Å²) in [7, 11) is 0. The quantitative estimate of drug-likeness (QED) is 0.502. The molecule has 0 atom stereocenters. The van der Waals surface area contributed by atoms with E-state index < -0.39 is 0 Å². The highest BCUT2D eigenvalue weighted by Crippen LogP contribution is 2.34. The van der Waals surface area contributed by atoms with Crippen LogP contribution in [-0.2, 0) is 9.59 Å². The molecule has 1 saturated heterocycles. The average molecular weight is 422 g/mol. The number of rotatable bonds is 3. The third kappa shape index (κ3) is 3.08. The highest BCUT2D eigenvalue weighted by atomic mass is 32.1. The monoisotopic (exact) mass is 422 g/mol. The van der Waals surface area contributed by atoms with Crippen LogP contribution < -0.4 is 10.2 Å². The van der Waals surface area contributed by atoms with Gasteiger partial charge in [-0.05, 0) is 43.3 Å². The molecular formula is C20H14N4O3S2. The molecule has 29 heavy (non-hydrogen) atoms. The fourth-order valence-electron chi connectivity index (χ4n) is 3.34. The highest BCUT2D eigenvalue weighted by molar-refractivity contribution is 7.24. The van der Waals surface area contributed by atoms with Gasteiger partial charge in [0.2, 0.25) is 11.8 Å². The molecule has 1 N–H and O–H groups in total. The number of fused-ring (bicyclic) bond motifs is 3. The first kappa shape index (κ1) is 17.9. The number of hydrogen-bond acceptors (Lipinski definition) is 7. The number of carbonyl (C=O) groups is 3. The first-order chi connectivity index (χ1) is 14.0. The normalized spacial score (nSPS) is 14.3. The third-order valence-electron chi connectivity index (χ3n) is 4.68. The van der Waals surface area contributed by atoms with Gasteiger partial charge in [0.25, 0.3) is 5.91 Å². The van der Waals surface area contributed by atoms with Gasteiger partial charge < -0.3 is 0 Å². The van der Waals surface area contributed by atoms with Crippen molar-refractivity contribution in [3.63, 3.8) is 0 Å². The van der Waals surface area contributed by atoms with Crippen molar-refractivity contribution < 1.29 is 14.4 Å². The Morgan fingerprint density at radius 3 is 2.45 bits per heavy atom. The summed E-state index contributed by atoms with van der Waals surface area (Å²) in [6.07, 6.45) is 0.453. The van der Waals surface area contributed by atoms with Crippen molar-refractivity contribution in [2.45, 2.75) is 19.8 Å². The van der Waals surface area contributed by atoms with Crippen LogP contribution in [0.5, 0.6) is 0 Å². The van der Waals surface area contributed by atoms with Crippen molar-refractivity contribution in [2.75, 3.05) is 10.2 Å². The standard InChI is InChI=1S/C20H14N4O3S2/c1-10-21-17-14(28-10)7-6-13-18(17)29-20(22-13)23-19(27)11-2-4-12(5-3-11)24-15(25)8-9-16(24)26/h2-7H,8-9H2,1H3,(H,22,23,27). The summed E-state index contributed by atoms with van der Waals surface area (Å²) in [6.45, 7) is 1.97. The Kier molecular flexibility index (Phi) is 4.14. The lowest BCUT2D eigenvalue weighted by molar-refractivity contribution is -0.121. The van der Waals surface area contributed by atoms with Crippen LogP contribution in [-0.4, -0.2) is 27.7 Å². The molecule has 144 valence electrons. The van der Waals surface area contributed by atoms with E-state index in [9.17, 15) is 14.4 Å². The predicted octanol–water partition coefficient (Wildman–Crippen LogP) is 4.12. The molecule has 0 aliphatic carbocycles. The Balaban J connectivity index is 1.39. The highest BCUT2D eigenvalue weighted by Gasteiger charge is 2.30. The van der Waals surface area contributed by atoms with Gasteiger partial charge in [-0.25, -0.2) is 9.97 Å². The van der Waals surface area contributed by atoms with Gasteiger partial charge in [-0.15, -0.1) is 11.3 Å². The van der Waals surface area contributed by atoms with Gasteiger partial charge in [-0.2, -0.15) is 0 Å². The summed E-state index contributed by atoms with van der Waals surface area (Å²) in [5, 5.41) is 4.31. The second-order valence-corrected chi connectivity index (χ2v) is 8.87. The lowest BCUT2D eigenvalue weighted by atomic mass is 10.2. The number of amides is 3. The van der Waals surface area contributed by atoms with E-state index in [0.29, 0.717) is 16.4 Å². The number of nitrogens with one attached hydrogen (secondary N) is 1. The summed E-state index contributed by atoms with van der Waals surface area (Å²) in [5.74, 6) is -0.740. The summed E-state index contributed by atoms with van der Waals surface area (Å²) >= 11 is 3.02. The number of aryl methyl sites for hydroxylation is 1. The Hall–Kier alpha value is -3.17. The molecule has 3 heterocycles. The Labute approximate surface area is 173 Å². The molecule has 3 amide bonds. The molecule has 0 saturated carbocycles. The number of imide groups is 1. The van der Waals surface area contributed by atoms with Crippen molar-refractivity contribution >= 4 is 71.6 Å².